The van der Waals surface area contributed by atoms with Crippen LogP contribution in [-0.4, -0.2) is 21.8 Å². The van der Waals surface area contributed by atoms with Crippen molar-refractivity contribution < 1.29 is 9.90 Å². The van der Waals surface area contributed by atoms with Crippen LogP contribution in [0, 0.1) is 6.92 Å². The normalized spacial score (nSPS) is 21.5. The summed E-state index contributed by atoms with van der Waals surface area (Å²) < 4.78 is 0. The smallest absolute Gasteiger partial charge is 0.347 e. The summed E-state index contributed by atoms with van der Waals surface area (Å²) in [6.45, 7) is 1.77. The van der Waals surface area contributed by atoms with Gasteiger partial charge in [-0.1, -0.05) is 6.42 Å². The van der Waals surface area contributed by atoms with Gasteiger partial charge in [-0.05, 0) is 25.5 Å². The monoisotopic (exact) mass is 243 g/mol. The first-order valence-corrected chi connectivity index (χ1v) is 6.87. The topological polar surface area (TPSA) is 50.2 Å². The van der Waals surface area contributed by atoms with E-state index in [9.17, 15) is 4.79 Å². The van der Waals surface area contributed by atoms with Crippen molar-refractivity contribution in [3.05, 3.63) is 15.6 Å². The second-order valence-corrected chi connectivity index (χ2v) is 5.97. The fraction of sp³-hybridized carbons (Fsp3) is 0.600. The van der Waals surface area contributed by atoms with E-state index < -0.39 is 5.97 Å². The Hall–Kier alpha value is -0.550. The molecule has 1 aliphatic heterocycles. The fourth-order valence-electron chi connectivity index (χ4n) is 1.69. The summed E-state index contributed by atoms with van der Waals surface area (Å²) in [5.74, 6) is 0.322. The maximum Gasteiger partial charge on any atom is 0.347 e. The van der Waals surface area contributed by atoms with Crippen molar-refractivity contribution in [1.82, 2.24) is 4.98 Å². The van der Waals surface area contributed by atoms with Gasteiger partial charge >= 0.3 is 5.97 Å². The third-order valence-electron chi connectivity index (χ3n) is 2.46. The van der Waals surface area contributed by atoms with E-state index in [2.05, 4.69) is 4.98 Å². The standard InChI is InChI=1S/C10H13NO2S2/c1-6-8(10(12)13)15-9(11-6)7-4-2-3-5-14-7/h7H,2-5H2,1H3,(H,12,13). The molecule has 1 atom stereocenters. The molecule has 1 aromatic rings. The molecular weight excluding hydrogens is 230 g/mol. The molecule has 1 fully saturated rings. The van der Waals surface area contributed by atoms with Crippen molar-refractivity contribution in [1.29, 1.82) is 0 Å². The number of aromatic carboxylic acids is 1. The number of nitrogens with zero attached hydrogens (tertiary/aromatic N) is 1. The highest BCUT2D eigenvalue weighted by atomic mass is 32.2. The second kappa shape index (κ2) is 4.53. The summed E-state index contributed by atoms with van der Waals surface area (Å²) in [7, 11) is 0. The Morgan fingerprint density at radius 2 is 2.33 bits per heavy atom. The molecule has 1 aromatic heterocycles. The van der Waals surface area contributed by atoms with E-state index in [1.54, 1.807) is 6.92 Å². The molecule has 82 valence electrons. The molecule has 1 N–H and O–H groups in total. The van der Waals surface area contributed by atoms with E-state index in [1.165, 1.54) is 29.9 Å². The Morgan fingerprint density at radius 1 is 1.53 bits per heavy atom. The predicted molar refractivity (Wildman–Crippen MR) is 62.9 cm³/mol. The number of carbonyl (C=O) groups is 1. The number of aromatic nitrogens is 1. The minimum absolute atomic E-state index is 0.399. The van der Waals surface area contributed by atoms with Crippen LogP contribution >= 0.6 is 23.1 Å². The van der Waals surface area contributed by atoms with E-state index in [-0.39, 0.29) is 0 Å². The number of carboxylic acids is 1. The number of hydrogen-bond acceptors (Lipinski definition) is 4. The highest BCUT2D eigenvalue weighted by molar-refractivity contribution is 7.99. The first-order valence-electron chi connectivity index (χ1n) is 5.00. The van der Waals surface area contributed by atoms with Crippen LogP contribution in [0.15, 0.2) is 0 Å². The maximum absolute atomic E-state index is 10.9. The predicted octanol–water partition coefficient (Wildman–Crippen LogP) is 3.11. The molecule has 0 aliphatic carbocycles. The van der Waals surface area contributed by atoms with Gasteiger partial charge in [-0.3, -0.25) is 0 Å². The Balaban J connectivity index is 2.21. The van der Waals surface area contributed by atoms with Crippen LogP contribution in [-0.2, 0) is 0 Å². The summed E-state index contributed by atoms with van der Waals surface area (Å²) in [6, 6.07) is 0. The van der Waals surface area contributed by atoms with Gasteiger partial charge < -0.3 is 5.11 Å². The molecule has 3 nitrogen and oxygen atoms in total. The maximum atomic E-state index is 10.9. The third-order valence-corrected chi connectivity index (χ3v) is 5.26. The minimum atomic E-state index is -0.850. The average Bonchev–Trinajstić information content (AvgIpc) is 2.62. The Kier molecular flexibility index (Phi) is 3.31. The number of thiazole rings is 1. The largest absolute Gasteiger partial charge is 0.477 e. The first-order chi connectivity index (χ1) is 7.18. The van der Waals surface area contributed by atoms with Gasteiger partial charge in [0, 0.05) is 0 Å². The van der Waals surface area contributed by atoms with Crippen LogP contribution in [0.2, 0.25) is 0 Å². The molecule has 0 aromatic carbocycles. The van der Waals surface area contributed by atoms with Gasteiger partial charge in [-0.25, -0.2) is 9.78 Å². The molecule has 2 rings (SSSR count). The van der Waals surface area contributed by atoms with Crippen LogP contribution in [0.1, 0.15) is 44.9 Å². The van der Waals surface area contributed by atoms with E-state index in [0.29, 0.717) is 15.8 Å². The van der Waals surface area contributed by atoms with Gasteiger partial charge in [0.2, 0.25) is 0 Å². The van der Waals surface area contributed by atoms with Crippen molar-refractivity contribution in [2.45, 2.75) is 31.4 Å². The lowest BCUT2D eigenvalue weighted by Gasteiger charge is -2.18. The summed E-state index contributed by atoms with van der Waals surface area (Å²) in [5.41, 5.74) is 0.661. The van der Waals surface area contributed by atoms with Crippen molar-refractivity contribution in [3.8, 4) is 0 Å². The number of carboxylic acid groups (broad SMARTS) is 1. The molecule has 0 radical (unpaired) electrons. The molecule has 0 saturated carbocycles. The molecule has 1 saturated heterocycles. The van der Waals surface area contributed by atoms with E-state index in [1.807, 2.05) is 11.8 Å². The molecule has 1 unspecified atom stereocenters. The van der Waals surface area contributed by atoms with Crippen LogP contribution in [0.4, 0.5) is 0 Å². The van der Waals surface area contributed by atoms with Gasteiger partial charge in [-0.2, -0.15) is 11.8 Å². The third kappa shape index (κ3) is 2.34. The van der Waals surface area contributed by atoms with Crippen molar-refractivity contribution >= 4 is 29.1 Å². The van der Waals surface area contributed by atoms with Crippen molar-refractivity contribution in [2.75, 3.05) is 5.75 Å². The molecule has 0 amide bonds. The van der Waals surface area contributed by atoms with Gasteiger partial charge in [0.05, 0.1) is 10.9 Å². The zero-order valence-electron chi connectivity index (χ0n) is 8.52. The van der Waals surface area contributed by atoms with E-state index >= 15 is 0 Å². The molecule has 2 heterocycles. The zero-order valence-corrected chi connectivity index (χ0v) is 10.2. The Morgan fingerprint density at radius 3 is 2.87 bits per heavy atom. The Bertz CT molecular complexity index is 369. The van der Waals surface area contributed by atoms with Gasteiger partial charge in [0.25, 0.3) is 0 Å². The quantitative estimate of drug-likeness (QED) is 0.867. The fourth-order valence-corrected chi connectivity index (χ4v) is 4.14. The van der Waals surface area contributed by atoms with Crippen molar-refractivity contribution in [3.63, 3.8) is 0 Å². The summed E-state index contributed by atoms with van der Waals surface area (Å²) >= 11 is 3.25. The highest BCUT2D eigenvalue weighted by Gasteiger charge is 2.22. The van der Waals surface area contributed by atoms with Gasteiger partial charge in [0.1, 0.15) is 9.88 Å². The molecule has 1 aliphatic rings. The van der Waals surface area contributed by atoms with E-state index in [0.717, 1.165) is 11.4 Å². The second-order valence-electron chi connectivity index (χ2n) is 3.63. The number of aryl methyl sites for hydroxylation is 1. The lowest BCUT2D eigenvalue weighted by atomic mass is 10.2. The Labute approximate surface area is 96.9 Å². The lowest BCUT2D eigenvalue weighted by Crippen LogP contribution is -2.01. The minimum Gasteiger partial charge on any atom is -0.477 e. The van der Waals surface area contributed by atoms with Gasteiger partial charge in [0.15, 0.2) is 0 Å². The molecule has 0 spiro atoms. The number of hydrogen-bond donors (Lipinski definition) is 1. The van der Waals surface area contributed by atoms with E-state index in [4.69, 9.17) is 5.11 Å². The van der Waals surface area contributed by atoms with Gasteiger partial charge in [-0.15, -0.1) is 11.3 Å². The summed E-state index contributed by atoms with van der Waals surface area (Å²) in [4.78, 5) is 15.7. The number of thioether (sulfide) groups is 1. The average molecular weight is 243 g/mol. The molecule has 15 heavy (non-hydrogen) atoms. The summed E-state index contributed by atoms with van der Waals surface area (Å²) in [5, 5.41) is 10.4. The number of rotatable bonds is 2. The van der Waals surface area contributed by atoms with Crippen LogP contribution in [0.25, 0.3) is 0 Å². The summed E-state index contributed by atoms with van der Waals surface area (Å²) in [6.07, 6.45) is 3.65. The zero-order chi connectivity index (χ0) is 10.8. The molecule has 5 heteroatoms. The molecular formula is C10H13NO2S2. The van der Waals surface area contributed by atoms with Crippen LogP contribution in [0.5, 0.6) is 0 Å². The SMILES string of the molecule is Cc1nc(C2CCCCS2)sc1C(=O)O. The van der Waals surface area contributed by atoms with Crippen LogP contribution < -0.4 is 0 Å². The lowest BCUT2D eigenvalue weighted by molar-refractivity contribution is 0.0701. The van der Waals surface area contributed by atoms with Crippen LogP contribution in [0.3, 0.4) is 0 Å². The highest BCUT2D eigenvalue weighted by Crippen LogP contribution is 2.40. The first kappa shape index (κ1) is 11.0. The van der Waals surface area contributed by atoms with Crippen molar-refractivity contribution in [2.24, 2.45) is 0 Å². The molecule has 0 bridgehead atoms.